The predicted molar refractivity (Wildman–Crippen MR) is 131 cm³/mol. The fourth-order valence-corrected chi connectivity index (χ4v) is 4.40. The molecule has 8 heteroatoms. The van der Waals surface area contributed by atoms with Crippen molar-refractivity contribution in [2.24, 2.45) is 0 Å². The lowest BCUT2D eigenvalue weighted by Gasteiger charge is -2.16. The summed E-state index contributed by atoms with van der Waals surface area (Å²) in [6.45, 7) is 2.01. The Bertz CT molecular complexity index is 1570. The molecule has 0 amide bonds. The van der Waals surface area contributed by atoms with E-state index in [2.05, 4.69) is 4.98 Å². The molecule has 0 radical (unpaired) electrons. The Morgan fingerprint density at radius 3 is 2.50 bits per heavy atom. The first kappa shape index (κ1) is 21.9. The van der Waals surface area contributed by atoms with Crippen LogP contribution in [0.1, 0.15) is 24.2 Å². The molecule has 3 aromatic heterocycles. The van der Waals surface area contributed by atoms with Crippen molar-refractivity contribution in [3.63, 3.8) is 0 Å². The first-order valence-corrected chi connectivity index (χ1v) is 11.3. The van der Waals surface area contributed by atoms with Gasteiger partial charge in [0.25, 0.3) is 5.56 Å². The molecule has 34 heavy (non-hydrogen) atoms. The van der Waals surface area contributed by atoms with Crippen LogP contribution in [-0.2, 0) is 17.6 Å². The van der Waals surface area contributed by atoms with Crippen molar-refractivity contribution in [3.8, 4) is 11.1 Å². The van der Waals surface area contributed by atoms with E-state index >= 15 is 0 Å². The van der Waals surface area contributed by atoms with Crippen LogP contribution in [0.25, 0.3) is 27.7 Å². The number of aliphatic carboxylic acids is 1. The van der Waals surface area contributed by atoms with Crippen LogP contribution in [0, 0.1) is 0 Å². The predicted octanol–water partition coefficient (Wildman–Crippen LogP) is 4.80. The Kier molecular flexibility index (Phi) is 5.63. The molecule has 3 heterocycles. The van der Waals surface area contributed by atoms with Crippen molar-refractivity contribution in [2.45, 2.75) is 25.8 Å². The number of nitrogens with zero attached hydrogens (tertiary/aromatic N) is 4. The quantitative estimate of drug-likeness (QED) is 0.383. The first-order chi connectivity index (χ1) is 16.5. The minimum Gasteiger partial charge on any atom is -0.480 e. The number of fused-ring (bicyclic) bond motifs is 3. The molecule has 0 saturated heterocycles. The number of benzene rings is 2. The minimum atomic E-state index is -1.07. The molecule has 0 aliphatic rings. The van der Waals surface area contributed by atoms with E-state index in [4.69, 9.17) is 16.7 Å². The average Bonchev–Trinajstić information content (AvgIpc) is 3.23. The lowest BCUT2D eigenvalue weighted by molar-refractivity contribution is -0.141. The van der Waals surface area contributed by atoms with Crippen molar-refractivity contribution >= 4 is 34.1 Å². The Hall–Kier alpha value is -3.97. The van der Waals surface area contributed by atoms with Crippen molar-refractivity contribution in [1.29, 1.82) is 0 Å². The fourth-order valence-electron chi connectivity index (χ4n) is 4.28. The lowest BCUT2D eigenvalue weighted by atomic mass is 10.0. The summed E-state index contributed by atoms with van der Waals surface area (Å²) in [6, 6.07) is 17.4. The number of carboxylic acids is 1. The number of aromatic nitrogens is 4. The number of rotatable bonds is 6. The molecule has 1 N–H and O–H groups in total. The average molecular weight is 473 g/mol. The van der Waals surface area contributed by atoms with Gasteiger partial charge in [-0.3, -0.25) is 4.79 Å². The van der Waals surface area contributed by atoms with Crippen molar-refractivity contribution in [1.82, 2.24) is 19.2 Å². The van der Waals surface area contributed by atoms with Gasteiger partial charge in [0.1, 0.15) is 6.04 Å². The highest BCUT2D eigenvalue weighted by Crippen LogP contribution is 2.30. The van der Waals surface area contributed by atoms with E-state index in [-0.39, 0.29) is 6.42 Å². The van der Waals surface area contributed by atoms with Crippen LogP contribution in [0.15, 0.2) is 77.9 Å². The summed E-state index contributed by atoms with van der Waals surface area (Å²) in [5.41, 5.74) is 4.29. The minimum absolute atomic E-state index is 0.194. The lowest BCUT2D eigenvalue weighted by Crippen LogP contribution is -2.31. The van der Waals surface area contributed by atoms with Gasteiger partial charge in [0, 0.05) is 29.4 Å². The summed E-state index contributed by atoms with van der Waals surface area (Å²) in [5, 5.41) is 15.6. The van der Waals surface area contributed by atoms with Gasteiger partial charge in [0.15, 0.2) is 5.65 Å². The number of pyridine rings is 1. The maximum Gasteiger partial charge on any atom is 0.327 e. The van der Waals surface area contributed by atoms with Crippen LogP contribution in [-0.4, -0.2) is 30.2 Å². The third-order valence-corrected chi connectivity index (χ3v) is 6.22. The van der Waals surface area contributed by atoms with Crippen LogP contribution in [0.5, 0.6) is 0 Å². The monoisotopic (exact) mass is 472 g/mol. The van der Waals surface area contributed by atoms with E-state index in [0.29, 0.717) is 28.0 Å². The van der Waals surface area contributed by atoms with Gasteiger partial charge in [-0.15, -0.1) is 0 Å². The van der Waals surface area contributed by atoms with Crippen LogP contribution in [0.3, 0.4) is 0 Å². The number of halogens is 1. The van der Waals surface area contributed by atoms with Crippen molar-refractivity contribution in [3.05, 3.63) is 99.7 Å². The van der Waals surface area contributed by atoms with E-state index < -0.39 is 17.6 Å². The molecule has 170 valence electrons. The third kappa shape index (κ3) is 3.74. The molecule has 0 aliphatic carbocycles. The molecule has 0 aliphatic heterocycles. The Morgan fingerprint density at radius 2 is 1.82 bits per heavy atom. The first-order valence-electron chi connectivity index (χ1n) is 10.9. The van der Waals surface area contributed by atoms with Gasteiger partial charge in [-0.25, -0.2) is 14.3 Å². The van der Waals surface area contributed by atoms with E-state index in [1.807, 2.05) is 61.5 Å². The molecule has 1 atom stereocenters. The smallest absolute Gasteiger partial charge is 0.327 e. The summed E-state index contributed by atoms with van der Waals surface area (Å²) in [5.74, 6) is -1.07. The molecule has 5 aromatic rings. The molecular formula is C26H21ClN4O3. The summed E-state index contributed by atoms with van der Waals surface area (Å²) >= 11 is 6.06. The summed E-state index contributed by atoms with van der Waals surface area (Å²) in [7, 11) is 0. The largest absolute Gasteiger partial charge is 0.480 e. The second-order valence-electron chi connectivity index (χ2n) is 8.05. The molecular weight excluding hydrogens is 452 g/mol. The number of hydrogen-bond donors (Lipinski definition) is 1. The highest BCUT2D eigenvalue weighted by molar-refractivity contribution is 6.30. The molecule has 0 fully saturated rings. The second-order valence-corrected chi connectivity index (χ2v) is 8.48. The number of carbonyl (C=O) groups is 1. The topological polar surface area (TPSA) is 89.5 Å². The van der Waals surface area contributed by atoms with E-state index in [9.17, 15) is 14.7 Å². The van der Waals surface area contributed by atoms with E-state index in [1.54, 1.807) is 10.6 Å². The molecule has 0 saturated carbocycles. The highest BCUT2D eigenvalue weighted by atomic mass is 35.5. The van der Waals surface area contributed by atoms with Gasteiger partial charge in [-0.1, -0.05) is 61.0 Å². The van der Waals surface area contributed by atoms with Crippen LogP contribution >= 0.6 is 11.6 Å². The Morgan fingerprint density at radius 1 is 1.09 bits per heavy atom. The Labute approximate surface area is 199 Å². The number of carboxylic acid groups (broad SMARTS) is 1. The molecule has 5 rings (SSSR count). The van der Waals surface area contributed by atoms with E-state index in [0.717, 1.165) is 22.4 Å². The summed E-state index contributed by atoms with van der Waals surface area (Å²) < 4.78 is 2.92. The van der Waals surface area contributed by atoms with Gasteiger partial charge in [-0.2, -0.15) is 5.10 Å². The summed E-state index contributed by atoms with van der Waals surface area (Å²) in [6.07, 6.45) is 3.91. The normalized spacial score (nSPS) is 12.3. The molecule has 0 unspecified atom stereocenters. The van der Waals surface area contributed by atoms with Crippen LogP contribution in [0.4, 0.5) is 0 Å². The molecule has 2 aromatic carbocycles. The summed E-state index contributed by atoms with van der Waals surface area (Å²) in [4.78, 5) is 30.0. The standard InChI is InChI=1S/C26H21ClN4O3/c1-2-20-23(17-8-10-18(27)11-9-17)24-28-15-19-21(31(24)29-20)12-13-30(25(19)32)22(26(33)34)14-16-6-4-3-5-7-16/h3-13,15,22H,2,14H2,1H3,(H,33,34)/t22-/m0/s1. The van der Waals surface area contributed by atoms with Gasteiger partial charge < -0.3 is 9.67 Å². The van der Waals surface area contributed by atoms with Crippen LogP contribution in [0.2, 0.25) is 5.02 Å². The van der Waals surface area contributed by atoms with E-state index in [1.165, 1.54) is 17.0 Å². The third-order valence-electron chi connectivity index (χ3n) is 5.97. The SMILES string of the molecule is CCc1nn2c(ncc3c(=O)n([C@@H](Cc4ccccc4)C(=O)O)ccc32)c1-c1ccc(Cl)cc1. The highest BCUT2D eigenvalue weighted by Gasteiger charge is 2.23. The fraction of sp³-hybridized carbons (Fsp3) is 0.154. The number of hydrogen-bond acceptors (Lipinski definition) is 4. The maximum absolute atomic E-state index is 13.4. The van der Waals surface area contributed by atoms with Crippen molar-refractivity contribution < 1.29 is 9.90 Å². The van der Waals surface area contributed by atoms with Gasteiger partial charge >= 0.3 is 5.97 Å². The van der Waals surface area contributed by atoms with Crippen LogP contribution < -0.4 is 5.56 Å². The Balaban J connectivity index is 1.67. The molecule has 0 spiro atoms. The van der Waals surface area contributed by atoms with Crippen molar-refractivity contribution in [2.75, 3.05) is 0 Å². The molecule has 0 bridgehead atoms. The second kappa shape index (κ2) is 8.76. The maximum atomic E-state index is 13.4. The zero-order valence-corrected chi connectivity index (χ0v) is 19.1. The zero-order valence-electron chi connectivity index (χ0n) is 18.4. The molecule has 7 nitrogen and oxygen atoms in total. The van der Waals surface area contributed by atoms with Gasteiger partial charge in [0.05, 0.1) is 16.6 Å². The van der Waals surface area contributed by atoms with Gasteiger partial charge in [0.2, 0.25) is 0 Å². The number of aryl methyl sites for hydroxylation is 1. The van der Waals surface area contributed by atoms with Gasteiger partial charge in [-0.05, 0) is 35.7 Å². The zero-order chi connectivity index (χ0) is 23.8.